The van der Waals surface area contributed by atoms with Crippen molar-refractivity contribution in [1.29, 1.82) is 0 Å². The van der Waals surface area contributed by atoms with Crippen LogP contribution in [-0.4, -0.2) is 135 Å². The topological polar surface area (TPSA) is 71.9 Å². The van der Waals surface area contributed by atoms with E-state index in [1.54, 1.807) is 0 Å². The number of aliphatic hydroxyl groups is 2. The first-order valence-electron chi connectivity index (χ1n) is 18.2. The van der Waals surface area contributed by atoms with Crippen LogP contribution in [0.4, 0.5) is 0 Å². The molecule has 2 aliphatic heterocycles. The van der Waals surface area contributed by atoms with Gasteiger partial charge in [0.2, 0.25) is 0 Å². The molecule has 3 aliphatic rings. The fourth-order valence-corrected chi connectivity index (χ4v) is 8.11. The maximum Gasteiger partial charge on any atom is 0.125 e. The molecular formula is C39H62N4O4. The van der Waals surface area contributed by atoms with Gasteiger partial charge in [0, 0.05) is 70.9 Å². The highest BCUT2D eigenvalue weighted by molar-refractivity contribution is 5.53. The summed E-state index contributed by atoms with van der Waals surface area (Å²) in [6.45, 7) is 18.7. The van der Waals surface area contributed by atoms with Crippen molar-refractivity contribution in [3.05, 3.63) is 57.6 Å². The number of β-amino-alcohol motifs (C(OH)–C–C–N with tert-alkyl or cyclic N) is 2. The van der Waals surface area contributed by atoms with E-state index in [9.17, 15) is 10.2 Å². The normalized spacial score (nSPS) is 21.7. The predicted octanol–water partition coefficient (Wildman–Crippen LogP) is 4.53. The Hall–Kier alpha value is -2.20. The molecule has 1 saturated carbocycles. The molecule has 0 radical (unpaired) electrons. The second kappa shape index (κ2) is 16.5. The number of hydrogen-bond acceptors (Lipinski definition) is 8. The number of rotatable bonds is 12. The van der Waals surface area contributed by atoms with E-state index in [2.05, 4.69) is 85.7 Å². The molecule has 2 aromatic rings. The van der Waals surface area contributed by atoms with E-state index in [-0.39, 0.29) is 5.41 Å². The highest BCUT2D eigenvalue weighted by Crippen LogP contribution is 2.47. The summed E-state index contributed by atoms with van der Waals surface area (Å²) >= 11 is 0. The summed E-state index contributed by atoms with van der Waals surface area (Å²) < 4.78 is 12.6. The highest BCUT2D eigenvalue weighted by atomic mass is 16.5. The SMILES string of the molecule is Cc1cc(C2(c3cc(C)c(OCC(O)CN4CCN(C)CC4)c(C)c3)CCCCCC2)cc(C)c1OCC(O)CN1CCN(C)CC1. The molecule has 3 fully saturated rings. The molecule has 0 bridgehead atoms. The Morgan fingerprint density at radius 2 is 0.915 bits per heavy atom. The van der Waals surface area contributed by atoms with Crippen LogP contribution in [0.15, 0.2) is 24.3 Å². The van der Waals surface area contributed by atoms with Gasteiger partial charge >= 0.3 is 0 Å². The Balaban J connectivity index is 1.30. The zero-order valence-electron chi connectivity index (χ0n) is 30.2. The monoisotopic (exact) mass is 650 g/mol. The van der Waals surface area contributed by atoms with Crippen molar-refractivity contribution in [2.75, 3.05) is 92.8 Å². The number of benzene rings is 2. The quantitative estimate of drug-likeness (QED) is 0.325. The lowest BCUT2D eigenvalue weighted by molar-refractivity contribution is 0.0501. The Bertz CT molecular complexity index is 1160. The third-order valence-electron chi connectivity index (χ3n) is 11.0. The average Bonchev–Trinajstić information content (AvgIpc) is 3.30. The molecule has 1 aliphatic carbocycles. The van der Waals surface area contributed by atoms with Gasteiger partial charge < -0.3 is 29.5 Å². The van der Waals surface area contributed by atoms with Gasteiger partial charge in [-0.15, -0.1) is 0 Å². The number of nitrogens with zero attached hydrogens (tertiary/aromatic N) is 4. The van der Waals surface area contributed by atoms with E-state index in [0.717, 1.165) is 99.0 Å². The van der Waals surface area contributed by atoms with Gasteiger partial charge in [0.1, 0.15) is 36.9 Å². The van der Waals surface area contributed by atoms with E-state index >= 15 is 0 Å². The molecule has 262 valence electrons. The second-order valence-electron chi connectivity index (χ2n) is 15.0. The van der Waals surface area contributed by atoms with E-state index in [1.807, 2.05) is 0 Å². The minimum Gasteiger partial charge on any atom is -0.490 e. The van der Waals surface area contributed by atoms with Gasteiger partial charge in [0.15, 0.2) is 0 Å². The molecule has 2 N–H and O–H groups in total. The van der Waals surface area contributed by atoms with Gasteiger partial charge in [-0.1, -0.05) is 49.9 Å². The molecule has 0 spiro atoms. The summed E-state index contributed by atoms with van der Waals surface area (Å²) in [5.74, 6) is 1.81. The lowest BCUT2D eigenvalue weighted by Gasteiger charge is -2.36. The smallest absolute Gasteiger partial charge is 0.125 e. The van der Waals surface area contributed by atoms with Crippen molar-refractivity contribution in [3.8, 4) is 11.5 Å². The molecule has 2 atom stereocenters. The average molecular weight is 651 g/mol. The van der Waals surface area contributed by atoms with E-state index in [4.69, 9.17) is 9.47 Å². The number of likely N-dealkylation sites (N-methyl/N-ethyl adjacent to an activating group) is 2. The van der Waals surface area contributed by atoms with E-state index in [0.29, 0.717) is 26.3 Å². The molecule has 8 nitrogen and oxygen atoms in total. The third-order valence-corrected chi connectivity index (χ3v) is 11.0. The Morgan fingerprint density at radius 1 is 0.574 bits per heavy atom. The van der Waals surface area contributed by atoms with Gasteiger partial charge in [-0.2, -0.15) is 0 Å². The van der Waals surface area contributed by atoms with E-state index < -0.39 is 12.2 Å². The maximum atomic E-state index is 10.8. The third kappa shape index (κ3) is 9.28. The fourth-order valence-electron chi connectivity index (χ4n) is 8.11. The van der Waals surface area contributed by atoms with Crippen molar-refractivity contribution in [2.45, 2.75) is 83.8 Å². The van der Waals surface area contributed by atoms with Crippen LogP contribution in [0.5, 0.6) is 11.5 Å². The molecule has 2 saturated heterocycles. The van der Waals surface area contributed by atoms with Crippen LogP contribution in [-0.2, 0) is 5.41 Å². The fraction of sp³-hybridized carbons (Fsp3) is 0.692. The van der Waals surface area contributed by atoms with Crippen molar-refractivity contribution < 1.29 is 19.7 Å². The first kappa shape index (κ1) is 36.1. The number of ether oxygens (including phenoxy) is 2. The van der Waals surface area contributed by atoms with Crippen molar-refractivity contribution in [1.82, 2.24) is 19.6 Å². The van der Waals surface area contributed by atoms with Gasteiger partial charge in [-0.05, 0) is 88.0 Å². The van der Waals surface area contributed by atoms with Gasteiger partial charge in [0.25, 0.3) is 0 Å². The van der Waals surface area contributed by atoms with Gasteiger partial charge in [-0.25, -0.2) is 0 Å². The molecule has 2 aromatic carbocycles. The van der Waals surface area contributed by atoms with Crippen LogP contribution < -0.4 is 9.47 Å². The van der Waals surface area contributed by atoms with Crippen LogP contribution in [0.1, 0.15) is 71.9 Å². The van der Waals surface area contributed by atoms with Crippen LogP contribution in [0.25, 0.3) is 0 Å². The van der Waals surface area contributed by atoms with Crippen LogP contribution in [0, 0.1) is 27.7 Å². The molecule has 8 heteroatoms. The zero-order valence-corrected chi connectivity index (χ0v) is 30.2. The van der Waals surface area contributed by atoms with Crippen LogP contribution >= 0.6 is 0 Å². The largest absolute Gasteiger partial charge is 0.490 e. The number of hydrogen-bond donors (Lipinski definition) is 2. The van der Waals surface area contributed by atoms with Gasteiger partial charge in [0.05, 0.1) is 0 Å². The Labute approximate surface area is 284 Å². The van der Waals surface area contributed by atoms with Crippen molar-refractivity contribution in [3.63, 3.8) is 0 Å². The summed E-state index contributed by atoms with van der Waals surface area (Å²) in [7, 11) is 4.31. The molecule has 2 heterocycles. The predicted molar refractivity (Wildman–Crippen MR) is 191 cm³/mol. The zero-order chi connectivity index (χ0) is 33.6. The molecular weight excluding hydrogens is 588 g/mol. The number of piperazine rings is 2. The summed E-state index contributed by atoms with van der Waals surface area (Å²) in [5.41, 5.74) is 7.22. The standard InChI is InChI=1S/C39H62N4O4/c1-29-21-33(22-30(2)37(29)46-27-35(44)25-42-17-13-40(5)14-18-42)39(11-9-7-8-10-12-39)34-23-31(3)38(32(4)24-34)47-28-36(45)26-43-19-15-41(6)16-20-43/h21-24,35-36,44-45H,7-20,25-28H2,1-6H3. The highest BCUT2D eigenvalue weighted by Gasteiger charge is 2.36. The summed E-state index contributed by atoms with van der Waals surface area (Å²) in [4.78, 5) is 9.34. The summed E-state index contributed by atoms with van der Waals surface area (Å²) in [6, 6.07) is 9.41. The Kier molecular flexibility index (Phi) is 12.6. The number of aryl methyl sites for hydroxylation is 4. The van der Waals surface area contributed by atoms with E-state index in [1.165, 1.54) is 36.8 Å². The van der Waals surface area contributed by atoms with Crippen molar-refractivity contribution in [2.24, 2.45) is 0 Å². The second-order valence-corrected chi connectivity index (χ2v) is 15.0. The van der Waals surface area contributed by atoms with Crippen LogP contribution in [0.2, 0.25) is 0 Å². The number of aliphatic hydroxyl groups excluding tert-OH is 2. The minimum atomic E-state index is -0.510. The molecule has 0 amide bonds. The lowest BCUT2D eigenvalue weighted by Crippen LogP contribution is -2.47. The first-order valence-corrected chi connectivity index (χ1v) is 18.2. The Morgan fingerprint density at radius 3 is 1.26 bits per heavy atom. The molecule has 47 heavy (non-hydrogen) atoms. The minimum absolute atomic E-state index is 0.0690. The maximum absolute atomic E-state index is 10.8. The summed E-state index contributed by atoms with van der Waals surface area (Å²) in [5, 5.41) is 21.6. The van der Waals surface area contributed by atoms with Crippen molar-refractivity contribution >= 4 is 0 Å². The lowest BCUT2D eigenvalue weighted by atomic mass is 9.68. The first-order chi connectivity index (χ1) is 22.5. The molecule has 0 aromatic heterocycles. The molecule has 5 rings (SSSR count). The summed E-state index contributed by atoms with van der Waals surface area (Å²) in [6.07, 6.45) is 6.20. The molecule has 2 unspecified atom stereocenters. The van der Waals surface area contributed by atoms with Gasteiger partial charge in [-0.3, -0.25) is 9.80 Å². The van der Waals surface area contributed by atoms with Crippen LogP contribution in [0.3, 0.4) is 0 Å².